The predicted molar refractivity (Wildman–Crippen MR) is 166 cm³/mol. The summed E-state index contributed by atoms with van der Waals surface area (Å²) in [5.41, 5.74) is -0.211. The molecule has 0 nitrogen and oxygen atoms in total. The molecule has 0 amide bonds. The van der Waals surface area contributed by atoms with Crippen LogP contribution in [-0.4, -0.2) is 17.8 Å². The summed E-state index contributed by atoms with van der Waals surface area (Å²) in [6.07, 6.45) is 0. The van der Waals surface area contributed by atoms with Gasteiger partial charge in [-0.3, -0.25) is 0 Å². The molecule has 0 unspecified atom stereocenters. The summed E-state index contributed by atoms with van der Waals surface area (Å²) in [6, 6.07) is 28.6. The molecule has 7 rings (SSSR count). The van der Waals surface area contributed by atoms with Crippen LogP contribution in [0.3, 0.4) is 0 Å². The van der Waals surface area contributed by atoms with E-state index in [1.165, 1.54) is 13.8 Å². The largest absolute Gasteiger partial charge is 0.380 e. The maximum absolute atomic E-state index is 16.0. The van der Waals surface area contributed by atoms with Crippen molar-refractivity contribution in [3.8, 4) is 22.3 Å². The third kappa shape index (κ3) is 3.96. The molecule has 43 heavy (non-hydrogen) atoms. The average Bonchev–Trinajstić information content (AvgIpc) is 3.52. The highest BCUT2D eigenvalue weighted by atomic mass is 32.1. The fourth-order valence-electron chi connectivity index (χ4n) is 6.07. The van der Waals surface area contributed by atoms with Gasteiger partial charge in [0.15, 0.2) is 0 Å². The van der Waals surface area contributed by atoms with Crippen molar-refractivity contribution in [2.75, 3.05) is 0 Å². The van der Waals surface area contributed by atoms with Crippen molar-refractivity contribution in [3.05, 3.63) is 118 Å². The van der Waals surface area contributed by atoms with Gasteiger partial charge in [0.1, 0.15) is 0 Å². The molecule has 0 saturated carbocycles. The lowest BCUT2D eigenvalue weighted by molar-refractivity contribution is -0.254. The van der Waals surface area contributed by atoms with Crippen LogP contribution in [0, 0.1) is 13.8 Å². The standard InChI is InChI=1S/C35H22F6S2/c1-19-29(25-17-23(13-15-27(25)42-19)21-9-5-3-6-10-21)31-32(34(38,39)35(40,41)33(31,36)37)30-20(2)43-28-16-14-24(18-26(28)30)22-11-7-4-8-12-22/h3-18H,1-2H3. The number of fused-ring (bicyclic) bond motifs is 2. The Bertz CT molecular complexity index is 1920. The van der Waals surface area contributed by atoms with Crippen LogP contribution in [0.25, 0.3) is 53.6 Å². The number of aryl methyl sites for hydroxylation is 2. The average molecular weight is 621 g/mol. The zero-order chi connectivity index (χ0) is 30.3. The molecule has 216 valence electrons. The summed E-state index contributed by atoms with van der Waals surface area (Å²) in [7, 11) is 0. The number of alkyl halides is 6. The lowest BCUT2D eigenvalue weighted by Crippen LogP contribution is -2.48. The van der Waals surface area contributed by atoms with E-state index in [1.807, 2.05) is 72.8 Å². The molecule has 0 atom stereocenters. The van der Waals surface area contributed by atoms with Crippen molar-refractivity contribution in [3.63, 3.8) is 0 Å². The minimum Gasteiger partial charge on any atom is -0.194 e. The lowest BCUT2D eigenvalue weighted by Gasteiger charge is -2.26. The normalized spacial score (nSPS) is 17.3. The first-order chi connectivity index (χ1) is 20.4. The van der Waals surface area contributed by atoms with Crippen LogP contribution in [0.5, 0.6) is 0 Å². The predicted octanol–water partition coefficient (Wildman–Crippen LogP) is 11.9. The Morgan fingerprint density at radius 2 is 0.837 bits per heavy atom. The van der Waals surface area contributed by atoms with Crippen LogP contribution < -0.4 is 0 Å². The number of hydrogen-bond donors (Lipinski definition) is 0. The molecular formula is C35H22F6S2. The monoisotopic (exact) mass is 620 g/mol. The van der Waals surface area contributed by atoms with Gasteiger partial charge in [0.2, 0.25) is 0 Å². The molecule has 2 heterocycles. The van der Waals surface area contributed by atoms with Crippen molar-refractivity contribution in [1.29, 1.82) is 0 Å². The minimum absolute atomic E-state index is 0.242. The first-order valence-electron chi connectivity index (χ1n) is 13.5. The van der Waals surface area contributed by atoms with Crippen LogP contribution in [-0.2, 0) is 0 Å². The van der Waals surface area contributed by atoms with Gasteiger partial charge in [-0.1, -0.05) is 72.8 Å². The number of halogens is 6. The molecule has 4 aromatic carbocycles. The number of benzene rings is 4. The highest BCUT2D eigenvalue weighted by molar-refractivity contribution is 7.19. The minimum atomic E-state index is -5.64. The second kappa shape index (κ2) is 9.56. The highest BCUT2D eigenvalue weighted by Crippen LogP contribution is 2.67. The van der Waals surface area contributed by atoms with Crippen LogP contribution in [0.2, 0.25) is 0 Å². The Kier molecular flexibility index (Phi) is 6.21. The van der Waals surface area contributed by atoms with E-state index in [-0.39, 0.29) is 31.7 Å². The molecule has 0 bridgehead atoms. The molecule has 0 radical (unpaired) electrons. The Morgan fingerprint density at radius 1 is 0.465 bits per heavy atom. The zero-order valence-electron chi connectivity index (χ0n) is 22.8. The molecule has 1 aliphatic rings. The van der Waals surface area contributed by atoms with Crippen LogP contribution in [0.15, 0.2) is 97.1 Å². The van der Waals surface area contributed by atoms with Crippen LogP contribution in [0.4, 0.5) is 26.3 Å². The second-order valence-corrected chi connectivity index (χ2v) is 13.2. The smallest absolute Gasteiger partial charge is 0.194 e. The Labute approximate surface area is 251 Å². The summed E-state index contributed by atoms with van der Waals surface area (Å²) in [5, 5.41) is 0.485. The Balaban J connectivity index is 1.58. The van der Waals surface area contributed by atoms with Crippen molar-refractivity contribution < 1.29 is 26.3 Å². The number of hydrogen-bond acceptors (Lipinski definition) is 2. The van der Waals surface area contributed by atoms with E-state index in [4.69, 9.17) is 0 Å². The molecule has 0 saturated heterocycles. The molecule has 0 N–H and O–H groups in total. The van der Waals surface area contributed by atoms with Crippen molar-refractivity contribution in [2.45, 2.75) is 31.6 Å². The molecule has 1 aliphatic carbocycles. The van der Waals surface area contributed by atoms with Gasteiger partial charge >= 0.3 is 17.8 Å². The quantitative estimate of drug-likeness (QED) is 0.172. The van der Waals surface area contributed by atoms with E-state index in [2.05, 4.69) is 0 Å². The summed E-state index contributed by atoms with van der Waals surface area (Å²) in [4.78, 5) is 0.533. The zero-order valence-corrected chi connectivity index (χ0v) is 24.5. The maximum atomic E-state index is 16.0. The topological polar surface area (TPSA) is 0 Å². The third-order valence-corrected chi connectivity index (χ3v) is 10.3. The SMILES string of the molecule is Cc1sc2ccc(-c3ccccc3)cc2c1C1=C(c2c(C)sc3ccc(-c4ccccc4)cc23)C(F)(F)C(F)(F)C1(F)F. The fraction of sp³-hybridized carbons (Fsp3) is 0.143. The molecule has 0 spiro atoms. The van der Waals surface area contributed by atoms with Crippen molar-refractivity contribution in [2.24, 2.45) is 0 Å². The molecule has 0 aliphatic heterocycles. The van der Waals surface area contributed by atoms with Crippen molar-refractivity contribution >= 4 is 54.0 Å². The van der Waals surface area contributed by atoms with Gasteiger partial charge in [0.05, 0.1) is 0 Å². The maximum Gasteiger partial charge on any atom is 0.380 e. The van der Waals surface area contributed by atoms with Gasteiger partial charge in [0, 0.05) is 52.2 Å². The first-order valence-corrected chi connectivity index (χ1v) is 15.1. The second-order valence-electron chi connectivity index (χ2n) is 10.7. The molecule has 6 aromatic rings. The van der Waals surface area contributed by atoms with Crippen LogP contribution >= 0.6 is 22.7 Å². The Hall–Kier alpha value is -3.88. The van der Waals surface area contributed by atoms with Gasteiger partial charge in [-0.25, -0.2) is 0 Å². The number of allylic oxidation sites excluding steroid dienone is 2. The van der Waals surface area contributed by atoms with E-state index in [0.29, 0.717) is 20.5 Å². The van der Waals surface area contributed by atoms with Gasteiger partial charge < -0.3 is 0 Å². The van der Waals surface area contributed by atoms with Gasteiger partial charge in [-0.15, -0.1) is 22.7 Å². The summed E-state index contributed by atoms with van der Waals surface area (Å²) in [6.45, 7) is 3.03. The highest BCUT2D eigenvalue weighted by Gasteiger charge is 2.80. The van der Waals surface area contributed by atoms with E-state index in [1.54, 1.807) is 24.3 Å². The molecule has 2 aromatic heterocycles. The Morgan fingerprint density at radius 3 is 1.21 bits per heavy atom. The fourth-order valence-corrected chi connectivity index (χ4v) is 8.17. The number of thiophene rings is 2. The molecule has 0 fully saturated rings. The summed E-state index contributed by atoms with van der Waals surface area (Å²) >= 11 is 2.25. The molecule has 8 heteroatoms. The number of rotatable bonds is 4. The van der Waals surface area contributed by atoms with Crippen LogP contribution in [0.1, 0.15) is 20.9 Å². The van der Waals surface area contributed by atoms with Gasteiger partial charge in [-0.05, 0) is 60.4 Å². The van der Waals surface area contributed by atoms with E-state index < -0.39 is 28.9 Å². The lowest BCUT2D eigenvalue weighted by atomic mass is 9.90. The van der Waals surface area contributed by atoms with Gasteiger partial charge in [-0.2, -0.15) is 26.3 Å². The molecular weight excluding hydrogens is 599 g/mol. The third-order valence-electron chi connectivity index (χ3n) is 8.11. The summed E-state index contributed by atoms with van der Waals surface area (Å²) < 4.78 is 96.0. The van der Waals surface area contributed by atoms with Gasteiger partial charge in [0.25, 0.3) is 0 Å². The first kappa shape index (κ1) is 27.9. The van der Waals surface area contributed by atoms with E-state index in [0.717, 1.165) is 33.8 Å². The van der Waals surface area contributed by atoms with E-state index >= 15 is 26.3 Å². The van der Waals surface area contributed by atoms with Crippen molar-refractivity contribution in [1.82, 2.24) is 0 Å². The van der Waals surface area contributed by atoms with E-state index in [9.17, 15) is 0 Å². The summed E-state index contributed by atoms with van der Waals surface area (Å²) in [5.74, 6) is -15.9.